The summed E-state index contributed by atoms with van der Waals surface area (Å²) < 4.78 is 38.3. The summed E-state index contributed by atoms with van der Waals surface area (Å²) >= 11 is 0. The Morgan fingerprint density at radius 3 is 2.35 bits per heavy atom. The van der Waals surface area contributed by atoms with Crippen molar-refractivity contribution in [2.45, 2.75) is 26.2 Å². The van der Waals surface area contributed by atoms with Crippen molar-refractivity contribution in [3.05, 3.63) is 77.1 Å². The van der Waals surface area contributed by atoms with E-state index in [1.54, 1.807) is 0 Å². The molecule has 0 atom stereocenters. The second-order valence-corrected chi connectivity index (χ2v) is 8.59. The lowest BCUT2D eigenvalue weighted by atomic mass is 10.1. The van der Waals surface area contributed by atoms with E-state index in [4.69, 9.17) is 5.73 Å². The van der Waals surface area contributed by atoms with Crippen LogP contribution in [0.25, 0.3) is 33.3 Å². The fourth-order valence-corrected chi connectivity index (χ4v) is 4.23. The highest BCUT2D eigenvalue weighted by Gasteiger charge is 2.29. The molecular weight excluding hydrogens is 441 g/mol. The normalized spacial score (nSPS) is 12.3. The molecule has 0 spiro atoms. The van der Waals surface area contributed by atoms with E-state index in [1.165, 1.54) is 12.1 Å². The van der Waals surface area contributed by atoms with Gasteiger partial charge < -0.3 is 15.7 Å². The summed E-state index contributed by atoms with van der Waals surface area (Å²) in [6, 6.07) is 15.4. The van der Waals surface area contributed by atoms with Gasteiger partial charge in [-0.2, -0.15) is 13.2 Å². The number of hydrogen-bond acceptors (Lipinski definition) is 4. The average molecular weight is 464 g/mol. The zero-order valence-electron chi connectivity index (χ0n) is 18.7. The highest BCUT2D eigenvalue weighted by molar-refractivity contribution is 5.95. The molecule has 5 rings (SSSR count). The molecule has 5 aromatic rings. The number of benzene rings is 2. The van der Waals surface area contributed by atoms with Crippen molar-refractivity contribution >= 4 is 27.9 Å². The molecule has 2 aromatic carbocycles. The summed E-state index contributed by atoms with van der Waals surface area (Å²) in [5, 5.41) is 1.05. The zero-order valence-corrected chi connectivity index (χ0v) is 18.7. The van der Waals surface area contributed by atoms with Gasteiger partial charge in [0, 0.05) is 35.2 Å². The number of anilines is 1. The first-order valence-corrected chi connectivity index (χ1v) is 10.8. The fourth-order valence-electron chi connectivity index (χ4n) is 4.23. The first kappa shape index (κ1) is 22.0. The number of hydrogen-bond donors (Lipinski definition) is 3. The summed E-state index contributed by atoms with van der Waals surface area (Å²) in [7, 11) is 1.95. The van der Waals surface area contributed by atoms with Crippen LogP contribution >= 0.6 is 0 Å². The Balaban J connectivity index is 1.36. The number of rotatable bonds is 5. The van der Waals surface area contributed by atoms with Crippen LogP contribution in [0, 0.1) is 6.92 Å². The van der Waals surface area contributed by atoms with Crippen molar-refractivity contribution in [3.63, 3.8) is 0 Å². The smallest absolute Gasteiger partial charge is 0.384 e. The van der Waals surface area contributed by atoms with Crippen molar-refractivity contribution in [1.82, 2.24) is 24.8 Å². The average Bonchev–Trinajstić information content (AvgIpc) is 3.35. The van der Waals surface area contributed by atoms with E-state index in [0.29, 0.717) is 24.6 Å². The van der Waals surface area contributed by atoms with E-state index in [2.05, 4.69) is 37.0 Å². The highest BCUT2D eigenvalue weighted by Crippen LogP contribution is 2.31. The van der Waals surface area contributed by atoms with E-state index in [1.807, 2.05) is 32.2 Å². The van der Waals surface area contributed by atoms with Gasteiger partial charge in [-0.25, -0.2) is 9.97 Å². The summed E-state index contributed by atoms with van der Waals surface area (Å²) in [5.74, 6) is 1.18. The number of nitrogens with two attached hydrogens (primary N) is 1. The molecule has 0 aliphatic heterocycles. The molecule has 3 aromatic heterocycles. The Morgan fingerprint density at radius 2 is 1.62 bits per heavy atom. The summed E-state index contributed by atoms with van der Waals surface area (Å²) in [6.45, 7) is 3.07. The molecule has 34 heavy (non-hydrogen) atoms. The Morgan fingerprint density at radius 1 is 0.912 bits per heavy atom. The number of fused-ring (bicyclic) bond motifs is 2. The highest BCUT2D eigenvalue weighted by atomic mass is 19.4. The van der Waals surface area contributed by atoms with Gasteiger partial charge in [0.1, 0.15) is 17.2 Å². The van der Waals surface area contributed by atoms with Gasteiger partial charge in [-0.05, 0) is 61.5 Å². The number of pyridine rings is 1. The quantitative estimate of drug-likeness (QED) is 0.314. The number of H-pyrrole nitrogens is 2. The second-order valence-electron chi connectivity index (χ2n) is 8.59. The number of aromatic amines is 2. The third kappa shape index (κ3) is 4.34. The van der Waals surface area contributed by atoms with Gasteiger partial charge in [-0.3, -0.25) is 4.90 Å². The van der Waals surface area contributed by atoms with E-state index in [9.17, 15) is 13.2 Å². The molecule has 0 bridgehead atoms. The number of halogens is 3. The van der Waals surface area contributed by atoms with Crippen molar-refractivity contribution in [2.75, 3.05) is 12.8 Å². The molecule has 3 heterocycles. The number of imidazole rings is 1. The maximum atomic E-state index is 12.8. The van der Waals surface area contributed by atoms with Crippen LogP contribution in [-0.4, -0.2) is 31.9 Å². The lowest BCUT2D eigenvalue weighted by Gasteiger charge is -2.17. The molecule has 0 aliphatic rings. The maximum Gasteiger partial charge on any atom is 0.416 e. The minimum Gasteiger partial charge on any atom is -0.384 e. The van der Waals surface area contributed by atoms with Crippen LogP contribution in [0.15, 0.2) is 54.6 Å². The molecule has 0 radical (unpaired) electrons. The molecule has 4 N–H and O–H groups in total. The topological polar surface area (TPSA) is 86.6 Å². The number of nitrogens with one attached hydrogen (secondary N) is 2. The minimum atomic E-state index is -4.32. The van der Waals surface area contributed by atoms with Crippen LogP contribution in [0.2, 0.25) is 0 Å². The summed E-state index contributed by atoms with van der Waals surface area (Å²) in [6.07, 6.45) is -4.32. The van der Waals surface area contributed by atoms with Crippen molar-refractivity contribution in [3.8, 4) is 11.3 Å². The zero-order chi connectivity index (χ0) is 24.0. The molecule has 0 aliphatic carbocycles. The predicted octanol–water partition coefficient (Wildman–Crippen LogP) is 5.65. The van der Waals surface area contributed by atoms with Crippen molar-refractivity contribution < 1.29 is 13.2 Å². The number of alkyl halides is 3. The SMILES string of the molecule is Cc1nc2c(-c3cc4cc(CN(C)Cc5ccc(C(F)(F)F)cc5)ccc4[nH]3)cc(N)nc2[nH]1. The van der Waals surface area contributed by atoms with Gasteiger partial charge in [0.15, 0.2) is 5.65 Å². The molecule has 0 amide bonds. The second kappa shape index (κ2) is 8.18. The first-order chi connectivity index (χ1) is 16.2. The van der Waals surface area contributed by atoms with Gasteiger partial charge in [-0.15, -0.1) is 0 Å². The third-order valence-electron chi connectivity index (χ3n) is 5.75. The summed E-state index contributed by atoms with van der Waals surface area (Å²) in [5.41, 5.74) is 11.5. The molecular formula is C25H23F3N6. The molecule has 0 saturated heterocycles. The number of nitrogens with zero attached hydrogens (tertiary/aromatic N) is 3. The van der Waals surface area contributed by atoms with Gasteiger partial charge in [0.2, 0.25) is 0 Å². The monoisotopic (exact) mass is 464 g/mol. The van der Waals surface area contributed by atoms with E-state index in [-0.39, 0.29) is 0 Å². The Kier molecular flexibility index (Phi) is 5.28. The van der Waals surface area contributed by atoms with E-state index < -0.39 is 11.7 Å². The molecule has 0 fully saturated rings. The van der Waals surface area contributed by atoms with Crippen LogP contribution in [0.5, 0.6) is 0 Å². The Hall–Kier alpha value is -3.85. The summed E-state index contributed by atoms with van der Waals surface area (Å²) in [4.78, 5) is 17.5. The molecule has 174 valence electrons. The maximum absolute atomic E-state index is 12.8. The van der Waals surface area contributed by atoms with Gasteiger partial charge in [-0.1, -0.05) is 18.2 Å². The van der Waals surface area contributed by atoms with E-state index >= 15 is 0 Å². The number of aromatic nitrogens is 4. The minimum absolute atomic E-state index is 0.412. The van der Waals surface area contributed by atoms with Gasteiger partial charge in [0.05, 0.1) is 5.56 Å². The van der Waals surface area contributed by atoms with Crippen LogP contribution in [0.3, 0.4) is 0 Å². The molecule has 0 unspecified atom stereocenters. The predicted molar refractivity (Wildman–Crippen MR) is 127 cm³/mol. The van der Waals surface area contributed by atoms with Crippen molar-refractivity contribution in [2.24, 2.45) is 0 Å². The van der Waals surface area contributed by atoms with Gasteiger partial charge >= 0.3 is 6.18 Å². The number of aryl methyl sites for hydroxylation is 1. The van der Waals surface area contributed by atoms with Gasteiger partial charge in [0.25, 0.3) is 0 Å². The molecule has 9 heteroatoms. The Bertz CT molecular complexity index is 1480. The van der Waals surface area contributed by atoms with Crippen LogP contribution in [-0.2, 0) is 19.3 Å². The van der Waals surface area contributed by atoms with Crippen LogP contribution in [0.1, 0.15) is 22.5 Å². The van der Waals surface area contributed by atoms with Crippen molar-refractivity contribution in [1.29, 1.82) is 0 Å². The molecule has 0 saturated carbocycles. The van der Waals surface area contributed by atoms with Crippen LogP contribution in [0.4, 0.5) is 19.0 Å². The number of nitrogen functional groups attached to an aromatic ring is 1. The van der Waals surface area contributed by atoms with Crippen LogP contribution < -0.4 is 5.73 Å². The largest absolute Gasteiger partial charge is 0.416 e. The lowest BCUT2D eigenvalue weighted by Crippen LogP contribution is -2.17. The first-order valence-electron chi connectivity index (χ1n) is 10.8. The Labute approximate surface area is 193 Å². The third-order valence-corrected chi connectivity index (χ3v) is 5.75. The molecule has 6 nitrogen and oxygen atoms in total. The standard InChI is InChI=1S/C25H23F3N6/c1-14-30-23-19(11-22(29)33-24(23)31-14)21-10-17-9-16(5-8-20(17)32-21)13-34(2)12-15-3-6-18(7-4-15)25(26,27)28/h3-11,32H,12-13H2,1-2H3,(H3,29,30,31,33). The lowest BCUT2D eigenvalue weighted by molar-refractivity contribution is -0.137. The van der Waals surface area contributed by atoms with E-state index in [0.717, 1.165) is 56.8 Å². The fraction of sp³-hybridized carbons (Fsp3) is 0.200.